The van der Waals surface area contributed by atoms with E-state index in [1.54, 1.807) is 36.3 Å². The number of nitrogens with zero attached hydrogens (tertiary/aromatic N) is 4. The van der Waals surface area contributed by atoms with Crippen LogP contribution in [0.1, 0.15) is 12.5 Å². The minimum Gasteiger partial charge on any atom is -0.328 e. The van der Waals surface area contributed by atoms with Crippen LogP contribution in [0, 0.1) is 6.92 Å². The third-order valence-electron chi connectivity index (χ3n) is 4.55. The van der Waals surface area contributed by atoms with Gasteiger partial charge >= 0.3 is 6.03 Å². The van der Waals surface area contributed by atoms with Gasteiger partial charge in [-0.05, 0) is 31.5 Å². The minimum absolute atomic E-state index is 0.0896. The molecule has 9 heteroatoms. The van der Waals surface area contributed by atoms with E-state index >= 15 is 0 Å². The Hall–Kier alpha value is -2.90. The SMILES string of the molecule is CCN(C)C(=O)Nc1c(C)cnc2c(N(C=O)c3c(Cl)ccnc3Cl)cccc12. The Labute approximate surface area is 178 Å². The van der Waals surface area contributed by atoms with E-state index in [1.807, 2.05) is 19.9 Å². The third kappa shape index (κ3) is 3.97. The number of rotatable bonds is 5. The Morgan fingerprint density at radius 1 is 1.24 bits per heavy atom. The Kier molecular flexibility index (Phi) is 6.20. The van der Waals surface area contributed by atoms with Crippen molar-refractivity contribution in [2.24, 2.45) is 0 Å². The summed E-state index contributed by atoms with van der Waals surface area (Å²) in [6.07, 6.45) is 3.71. The molecular formula is C20H19Cl2N5O2. The summed E-state index contributed by atoms with van der Waals surface area (Å²) in [5.41, 5.74) is 2.65. The normalized spacial score (nSPS) is 10.7. The molecule has 0 saturated carbocycles. The van der Waals surface area contributed by atoms with Gasteiger partial charge in [-0.3, -0.25) is 14.7 Å². The number of amides is 3. The number of hydrogen-bond donors (Lipinski definition) is 1. The molecule has 2 aromatic heterocycles. The first-order chi connectivity index (χ1) is 13.9. The number of halogens is 2. The Bertz CT molecular complexity index is 1070. The predicted octanol–water partition coefficient (Wildman–Crippen LogP) is 5.02. The van der Waals surface area contributed by atoms with Crippen molar-refractivity contribution in [1.82, 2.24) is 14.9 Å². The molecule has 3 amide bonds. The van der Waals surface area contributed by atoms with Crippen LogP contribution in [0.15, 0.2) is 36.7 Å². The van der Waals surface area contributed by atoms with E-state index in [0.717, 1.165) is 5.56 Å². The predicted molar refractivity (Wildman–Crippen MR) is 116 cm³/mol. The highest BCUT2D eigenvalue weighted by atomic mass is 35.5. The number of hydrogen-bond acceptors (Lipinski definition) is 4. The molecule has 1 aromatic carbocycles. The second kappa shape index (κ2) is 8.63. The van der Waals surface area contributed by atoms with Gasteiger partial charge in [0.25, 0.3) is 0 Å². The molecule has 0 unspecified atom stereocenters. The molecule has 1 N–H and O–H groups in total. The summed E-state index contributed by atoms with van der Waals surface area (Å²) in [6, 6.07) is 6.64. The quantitative estimate of drug-likeness (QED) is 0.454. The molecule has 7 nitrogen and oxygen atoms in total. The average molecular weight is 432 g/mol. The van der Waals surface area contributed by atoms with Crippen molar-refractivity contribution in [2.45, 2.75) is 13.8 Å². The average Bonchev–Trinajstić information content (AvgIpc) is 2.71. The summed E-state index contributed by atoms with van der Waals surface area (Å²) in [5, 5.41) is 3.98. The van der Waals surface area contributed by atoms with E-state index in [2.05, 4.69) is 15.3 Å². The largest absolute Gasteiger partial charge is 0.328 e. The molecule has 150 valence electrons. The third-order valence-corrected chi connectivity index (χ3v) is 5.14. The van der Waals surface area contributed by atoms with Crippen LogP contribution in [0.25, 0.3) is 10.9 Å². The van der Waals surface area contributed by atoms with Gasteiger partial charge in [0.1, 0.15) is 5.69 Å². The fourth-order valence-electron chi connectivity index (χ4n) is 2.86. The zero-order valence-electron chi connectivity index (χ0n) is 16.1. The van der Waals surface area contributed by atoms with Gasteiger partial charge < -0.3 is 10.2 Å². The molecule has 2 heterocycles. The number of pyridine rings is 2. The molecule has 0 spiro atoms. The lowest BCUT2D eigenvalue weighted by atomic mass is 10.1. The number of fused-ring (bicyclic) bond motifs is 1. The number of aryl methyl sites for hydroxylation is 1. The Morgan fingerprint density at radius 2 is 2.00 bits per heavy atom. The number of carbonyl (C=O) groups is 2. The van der Waals surface area contributed by atoms with Crippen molar-refractivity contribution in [3.63, 3.8) is 0 Å². The van der Waals surface area contributed by atoms with Gasteiger partial charge in [-0.2, -0.15) is 0 Å². The van der Waals surface area contributed by atoms with E-state index in [0.29, 0.717) is 35.2 Å². The molecule has 0 aliphatic carbocycles. The molecular weight excluding hydrogens is 413 g/mol. The second-order valence-electron chi connectivity index (χ2n) is 6.34. The number of urea groups is 1. The van der Waals surface area contributed by atoms with Crippen LogP contribution in [-0.2, 0) is 4.79 Å². The molecule has 0 fully saturated rings. The number of nitrogens with one attached hydrogen (secondary N) is 1. The van der Waals surface area contributed by atoms with Crippen molar-refractivity contribution >= 4 is 63.6 Å². The molecule has 0 aliphatic heterocycles. The van der Waals surface area contributed by atoms with Crippen molar-refractivity contribution in [2.75, 3.05) is 23.8 Å². The van der Waals surface area contributed by atoms with E-state index in [1.165, 1.54) is 11.1 Å². The number of anilines is 3. The first kappa shape index (κ1) is 20.8. The van der Waals surface area contributed by atoms with Crippen molar-refractivity contribution in [3.8, 4) is 0 Å². The lowest BCUT2D eigenvalue weighted by Gasteiger charge is -2.22. The summed E-state index contributed by atoms with van der Waals surface area (Å²) in [4.78, 5) is 35.8. The van der Waals surface area contributed by atoms with Crippen molar-refractivity contribution < 1.29 is 9.59 Å². The maximum Gasteiger partial charge on any atom is 0.321 e. The van der Waals surface area contributed by atoms with E-state index in [9.17, 15) is 9.59 Å². The fourth-order valence-corrected chi connectivity index (χ4v) is 3.40. The molecule has 0 aliphatic rings. The number of aromatic nitrogens is 2. The van der Waals surface area contributed by atoms with Gasteiger partial charge in [0.15, 0.2) is 5.15 Å². The van der Waals surface area contributed by atoms with E-state index in [-0.39, 0.29) is 21.9 Å². The Balaban J connectivity index is 2.19. The van der Waals surface area contributed by atoms with Crippen LogP contribution in [0.3, 0.4) is 0 Å². The first-order valence-corrected chi connectivity index (χ1v) is 9.59. The number of para-hydroxylation sites is 1. The molecule has 0 saturated heterocycles. The summed E-state index contributed by atoms with van der Waals surface area (Å²) in [5.74, 6) is 0. The number of carbonyl (C=O) groups excluding carboxylic acids is 2. The molecule has 0 atom stereocenters. The molecule has 0 bridgehead atoms. The van der Waals surface area contributed by atoms with Gasteiger partial charge in [0, 0.05) is 31.4 Å². The number of benzene rings is 1. The summed E-state index contributed by atoms with van der Waals surface area (Å²) < 4.78 is 0. The lowest BCUT2D eigenvalue weighted by Crippen LogP contribution is -2.31. The highest BCUT2D eigenvalue weighted by molar-refractivity contribution is 6.39. The van der Waals surface area contributed by atoms with E-state index < -0.39 is 0 Å². The maximum atomic E-state index is 12.4. The van der Waals surface area contributed by atoms with Gasteiger partial charge in [0.05, 0.1) is 21.9 Å². The fraction of sp³-hybridized carbons (Fsp3) is 0.200. The smallest absolute Gasteiger partial charge is 0.321 e. The van der Waals surface area contributed by atoms with Gasteiger partial charge in [-0.25, -0.2) is 9.78 Å². The van der Waals surface area contributed by atoms with Gasteiger partial charge in [-0.15, -0.1) is 0 Å². The first-order valence-electron chi connectivity index (χ1n) is 8.84. The lowest BCUT2D eigenvalue weighted by molar-refractivity contribution is -0.106. The molecule has 0 radical (unpaired) electrons. The zero-order valence-corrected chi connectivity index (χ0v) is 17.6. The zero-order chi connectivity index (χ0) is 21.1. The highest BCUT2D eigenvalue weighted by Gasteiger charge is 2.21. The molecule has 3 rings (SSSR count). The summed E-state index contributed by atoms with van der Waals surface area (Å²) >= 11 is 12.5. The second-order valence-corrected chi connectivity index (χ2v) is 7.11. The highest BCUT2D eigenvalue weighted by Crippen LogP contribution is 2.39. The summed E-state index contributed by atoms with van der Waals surface area (Å²) in [7, 11) is 1.71. The van der Waals surface area contributed by atoms with Crippen LogP contribution in [0.2, 0.25) is 10.2 Å². The Morgan fingerprint density at radius 3 is 2.66 bits per heavy atom. The molecule has 3 aromatic rings. The molecule has 29 heavy (non-hydrogen) atoms. The van der Waals surface area contributed by atoms with Crippen LogP contribution < -0.4 is 10.2 Å². The van der Waals surface area contributed by atoms with Crippen LogP contribution in [-0.4, -0.2) is 40.9 Å². The maximum absolute atomic E-state index is 12.4. The van der Waals surface area contributed by atoms with Crippen LogP contribution in [0.4, 0.5) is 21.9 Å². The minimum atomic E-state index is -0.237. The van der Waals surface area contributed by atoms with Gasteiger partial charge in [0.2, 0.25) is 6.41 Å². The van der Waals surface area contributed by atoms with Crippen molar-refractivity contribution in [3.05, 3.63) is 52.4 Å². The van der Waals surface area contributed by atoms with Gasteiger partial charge in [-0.1, -0.05) is 35.3 Å². The van der Waals surface area contributed by atoms with Crippen LogP contribution >= 0.6 is 23.2 Å². The van der Waals surface area contributed by atoms with Crippen LogP contribution in [0.5, 0.6) is 0 Å². The van der Waals surface area contributed by atoms with E-state index in [4.69, 9.17) is 23.2 Å². The standard InChI is InChI=1S/C20H19Cl2N5O2/c1-4-26(3)20(29)25-16-12(2)10-24-17-13(16)6-5-7-15(17)27(11-28)18-14(21)8-9-23-19(18)22/h5-11H,4H2,1-3H3,(H,24,25,29). The summed E-state index contributed by atoms with van der Waals surface area (Å²) in [6.45, 7) is 4.31. The topological polar surface area (TPSA) is 78.4 Å². The monoisotopic (exact) mass is 431 g/mol. The van der Waals surface area contributed by atoms with Crippen molar-refractivity contribution in [1.29, 1.82) is 0 Å².